The zero-order chi connectivity index (χ0) is 9.90. The first-order chi connectivity index (χ1) is 6.05. The van der Waals surface area contributed by atoms with Crippen LogP contribution in [0, 0.1) is 0 Å². The van der Waals surface area contributed by atoms with E-state index >= 15 is 0 Å². The number of hydrogen-bond donors (Lipinski definition) is 0. The zero-order valence-corrected chi connectivity index (χ0v) is 12.2. The summed E-state index contributed by atoms with van der Waals surface area (Å²) in [4.78, 5) is 0. The van der Waals surface area contributed by atoms with E-state index in [1.165, 1.54) is 19.3 Å². The van der Waals surface area contributed by atoms with Crippen molar-refractivity contribution in [3.05, 3.63) is 0 Å². The Morgan fingerprint density at radius 3 is 2.23 bits per heavy atom. The summed E-state index contributed by atoms with van der Waals surface area (Å²) in [5.41, 5.74) is 0. The van der Waals surface area contributed by atoms with Crippen LogP contribution in [0.1, 0.15) is 32.1 Å². The van der Waals surface area contributed by atoms with Crippen molar-refractivity contribution in [1.29, 1.82) is 0 Å². The molecule has 0 radical (unpaired) electrons. The topological polar surface area (TPSA) is 9.23 Å². The normalized spacial score (nSPS) is 32.6. The third-order valence-electron chi connectivity index (χ3n) is 2.54. The summed E-state index contributed by atoms with van der Waals surface area (Å²) in [6, 6.07) is 0. The monoisotopic (exact) mass is 362 g/mol. The zero-order valence-electron chi connectivity index (χ0n) is 7.64. The van der Waals surface area contributed by atoms with Gasteiger partial charge in [-0.2, -0.15) is 0 Å². The Morgan fingerprint density at radius 1 is 1.08 bits per heavy atom. The summed E-state index contributed by atoms with van der Waals surface area (Å²) >= 11 is -3.10. The van der Waals surface area contributed by atoms with Crippen LogP contribution >= 0.6 is 26.9 Å². The molecule has 0 aliphatic heterocycles. The number of ether oxygens (including phenoxy) is 1. The molecule has 1 nitrogen and oxygen atoms in total. The van der Waals surface area contributed by atoms with Gasteiger partial charge in [0.15, 0.2) is 0 Å². The SMILES string of the molecule is CO[C@@H]1CCCCC[C@H]1[Te](Cl)(Cl)Cl. The molecule has 0 saturated heterocycles. The summed E-state index contributed by atoms with van der Waals surface area (Å²) in [6.07, 6.45) is 5.93. The van der Waals surface area contributed by atoms with Gasteiger partial charge in [0.25, 0.3) is 0 Å². The number of rotatable bonds is 2. The van der Waals surface area contributed by atoms with Crippen molar-refractivity contribution in [3.8, 4) is 0 Å². The molecule has 0 bridgehead atoms. The van der Waals surface area contributed by atoms with Crippen molar-refractivity contribution in [3.63, 3.8) is 0 Å². The Morgan fingerprint density at radius 2 is 1.69 bits per heavy atom. The molecule has 0 aromatic carbocycles. The van der Waals surface area contributed by atoms with Gasteiger partial charge < -0.3 is 0 Å². The molecule has 1 fully saturated rings. The van der Waals surface area contributed by atoms with Crippen LogP contribution in [0.15, 0.2) is 0 Å². The van der Waals surface area contributed by atoms with E-state index in [-0.39, 0.29) is 10.1 Å². The third kappa shape index (κ3) is 3.93. The Hall–Kier alpha value is 1.62. The second-order valence-corrected chi connectivity index (χ2v) is 20.6. The van der Waals surface area contributed by atoms with Gasteiger partial charge in [0.05, 0.1) is 0 Å². The first-order valence-electron chi connectivity index (χ1n) is 4.49. The van der Waals surface area contributed by atoms with E-state index in [0.29, 0.717) is 0 Å². The molecule has 1 saturated carbocycles. The summed E-state index contributed by atoms with van der Waals surface area (Å²) in [7, 11) is 20.0. The van der Waals surface area contributed by atoms with E-state index in [1.807, 2.05) is 0 Å². The minimum absolute atomic E-state index is 0.191. The molecule has 0 aromatic heterocycles. The second-order valence-electron chi connectivity index (χ2n) is 3.39. The van der Waals surface area contributed by atoms with Gasteiger partial charge in [-0.15, -0.1) is 0 Å². The van der Waals surface area contributed by atoms with Crippen molar-refractivity contribution >= 4 is 41.7 Å². The molecule has 0 N–H and O–H groups in total. The summed E-state index contributed by atoms with van der Waals surface area (Å²) in [5.74, 6) is 0. The van der Waals surface area contributed by atoms with Crippen molar-refractivity contribution in [2.75, 3.05) is 7.11 Å². The molecule has 2 atom stereocenters. The van der Waals surface area contributed by atoms with Crippen molar-refractivity contribution in [1.82, 2.24) is 0 Å². The van der Waals surface area contributed by atoms with E-state index in [0.717, 1.165) is 12.8 Å². The minimum atomic E-state index is -3.10. The Bertz CT molecular complexity index is 160. The molecule has 0 aromatic rings. The molecule has 0 unspecified atom stereocenters. The van der Waals surface area contributed by atoms with Crippen LogP contribution in [0.5, 0.6) is 0 Å². The van der Waals surface area contributed by atoms with E-state index in [4.69, 9.17) is 31.6 Å². The molecule has 13 heavy (non-hydrogen) atoms. The van der Waals surface area contributed by atoms with Crippen molar-refractivity contribution in [2.24, 2.45) is 0 Å². The molecule has 1 aliphatic rings. The van der Waals surface area contributed by atoms with Crippen LogP contribution in [0.4, 0.5) is 0 Å². The quantitative estimate of drug-likeness (QED) is 0.534. The van der Waals surface area contributed by atoms with E-state index in [9.17, 15) is 0 Å². The predicted molar refractivity (Wildman–Crippen MR) is 60.9 cm³/mol. The maximum atomic E-state index is 6.10. The third-order valence-corrected chi connectivity index (χ3v) is 10.6. The molecule has 0 heterocycles. The fraction of sp³-hybridized carbons (Fsp3) is 1.00. The molecular formula is C8H15Cl3OTe. The summed E-state index contributed by atoms with van der Waals surface area (Å²) in [5, 5.41) is 0. The van der Waals surface area contributed by atoms with Gasteiger partial charge in [0, 0.05) is 0 Å². The average Bonchev–Trinajstić information content (AvgIpc) is 2.26. The maximum absolute atomic E-state index is 6.10. The van der Waals surface area contributed by atoms with Gasteiger partial charge in [0.2, 0.25) is 0 Å². The molecule has 1 rings (SSSR count). The van der Waals surface area contributed by atoms with Crippen LogP contribution in [-0.4, -0.2) is 28.0 Å². The summed E-state index contributed by atoms with van der Waals surface area (Å²) in [6.45, 7) is 0. The second kappa shape index (κ2) is 5.63. The Balaban J connectivity index is 2.65. The van der Waals surface area contributed by atoms with E-state index in [1.54, 1.807) is 7.11 Å². The molecule has 0 amide bonds. The summed E-state index contributed by atoms with van der Waals surface area (Å²) < 4.78 is 5.64. The fourth-order valence-electron chi connectivity index (χ4n) is 1.81. The van der Waals surface area contributed by atoms with Gasteiger partial charge in [0.1, 0.15) is 0 Å². The number of halogens is 3. The van der Waals surface area contributed by atoms with E-state index in [2.05, 4.69) is 0 Å². The Labute approximate surface area is 95.1 Å². The van der Waals surface area contributed by atoms with Gasteiger partial charge >= 0.3 is 95.7 Å². The Kier molecular flexibility index (Phi) is 5.50. The molecule has 0 spiro atoms. The standard InChI is InChI=1S/C8H15Cl3OTe/c1-12-7-5-3-2-4-6-8(7)13(9,10)11/h7-8H,2-6H2,1H3/t7-,8-/m1/s1. The van der Waals surface area contributed by atoms with Gasteiger partial charge in [-0.25, -0.2) is 0 Å². The van der Waals surface area contributed by atoms with Crippen LogP contribution in [0.2, 0.25) is 3.97 Å². The van der Waals surface area contributed by atoms with Gasteiger partial charge in [-0.05, 0) is 0 Å². The van der Waals surface area contributed by atoms with Crippen LogP contribution in [-0.2, 0) is 4.74 Å². The fourth-order valence-corrected chi connectivity index (χ4v) is 8.84. The first kappa shape index (κ1) is 12.7. The molecule has 1 aliphatic carbocycles. The number of methoxy groups -OCH3 is 1. The van der Waals surface area contributed by atoms with Crippen LogP contribution in [0.3, 0.4) is 0 Å². The van der Waals surface area contributed by atoms with Crippen LogP contribution < -0.4 is 0 Å². The van der Waals surface area contributed by atoms with Gasteiger partial charge in [-0.3, -0.25) is 0 Å². The molecule has 80 valence electrons. The average molecular weight is 361 g/mol. The molecular weight excluding hydrogens is 346 g/mol. The predicted octanol–water partition coefficient (Wildman–Crippen LogP) is 3.99. The van der Waals surface area contributed by atoms with Crippen LogP contribution in [0.25, 0.3) is 0 Å². The van der Waals surface area contributed by atoms with Crippen molar-refractivity contribution in [2.45, 2.75) is 42.2 Å². The van der Waals surface area contributed by atoms with Gasteiger partial charge in [-0.1, -0.05) is 0 Å². The van der Waals surface area contributed by atoms with Crippen molar-refractivity contribution < 1.29 is 4.74 Å². The molecule has 5 heteroatoms. The first-order valence-corrected chi connectivity index (χ1v) is 14.7. The van der Waals surface area contributed by atoms with E-state index < -0.39 is 14.8 Å². The number of hydrogen-bond acceptors (Lipinski definition) is 1.